The number of hydrogen-bond acceptors (Lipinski definition) is 8. The second-order valence-corrected chi connectivity index (χ2v) is 7.41. The number of fused-ring (bicyclic) bond motifs is 1. The van der Waals surface area contributed by atoms with E-state index in [1.54, 1.807) is 0 Å². The van der Waals surface area contributed by atoms with Crippen LogP contribution in [0.3, 0.4) is 0 Å². The standard InChI is InChI=1S/C17H12N2O5S2/c20-14(8-25-17-19-12-3-1-2-4-13(12)26-17)18-11-6-9(15(21)22)5-10(7-11)16(23)24/h1-7H,8H2,(H,18,20)(H,21,22)(H,23,24)/p-2. The van der Waals surface area contributed by atoms with E-state index in [2.05, 4.69) is 10.3 Å². The van der Waals surface area contributed by atoms with Crippen molar-refractivity contribution in [1.82, 2.24) is 4.98 Å². The molecule has 3 aromatic rings. The van der Waals surface area contributed by atoms with Crippen LogP contribution in [0, 0.1) is 0 Å². The molecule has 0 bridgehead atoms. The van der Waals surface area contributed by atoms with Crippen LogP contribution in [0.5, 0.6) is 0 Å². The van der Waals surface area contributed by atoms with Crippen LogP contribution in [0.4, 0.5) is 5.69 Å². The number of aromatic nitrogens is 1. The summed E-state index contributed by atoms with van der Waals surface area (Å²) in [5, 5.41) is 24.4. The molecule has 1 aromatic heterocycles. The first-order chi connectivity index (χ1) is 12.4. The maximum atomic E-state index is 12.1. The van der Waals surface area contributed by atoms with Crippen molar-refractivity contribution in [1.29, 1.82) is 0 Å². The Kier molecular flexibility index (Phi) is 5.19. The molecule has 2 aromatic carbocycles. The van der Waals surface area contributed by atoms with Gasteiger partial charge in [-0.2, -0.15) is 0 Å². The molecule has 7 nitrogen and oxygen atoms in total. The highest BCUT2D eigenvalue weighted by Crippen LogP contribution is 2.29. The number of benzene rings is 2. The van der Waals surface area contributed by atoms with Gasteiger partial charge in [-0.25, -0.2) is 4.98 Å². The third-order valence-electron chi connectivity index (χ3n) is 3.29. The largest absolute Gasteiger partial charge is 0.545 e. The van der Waals surface area contributed by atoms with E-state index in [9.17, 15) is 24.6 Å². The average molecular weight is 386 g/mol. The zero-order valence-electron chi connectivity index (χ0n) is 13.1. The predicted octanol–water partition coefficient (Wildman–Crippen LogP) is 0.754. The highest BCUT2D eigenvalue weighted by Gasteiger charge is 2.10. The topological polar surface area (TPSA) is 122 Å². The maximum absolute atomic E-state index is 12.1. The van der Waals surface area contributed by atoms with Crippen molar-refractivity contribution < 1.29 is 24.6 Å². The van der Waals surface area contributed by atoms with Crippen molar-refractivity contribution in [3.05, 3.63) is 53.6 Å². The van der Waals surface area contributed by atoms with E-state index in [1.807, 2.05) is 24.3 Å². The van der Waals surface area contributed by atoms with Crippen LogP contribution in [-0.2, 0) is 4.79 Å². The molecule has 0 aliphatic carbocycles. The monoisotopic (exact) mass is 386 g/mol. The number of amides is 1. The van der Waals surface area contributed by atoms with Crippen molar-refractivity contribution >= 4 is 56.8 Å². The first-order valence-electron chi connectivity index (χ1n) is 7.28. The lowest BCUT2D eigenvalue weighted by atomic mass is 10.1. The van der Waals surface area contributed by atoms with E-state index in [1.165, 1.54) is 23.1 Å². The molecule has 0 spiro atoms. The van der Waals surface area contributed by atoms with Crippen LogP contribution >= 0.6 is 23.1 Å². The molecule has 1 amide bonds. The van der Waals surface area contributed by atoms with Gasteiger partial charge in [0, 0.05) is 5.69 Å². The fourth-order valence-corrected chi connectivity index (χ4v) is 4.04. The van der Waals surface area contributed by atoms with Gasteiger partial charge in [0.25, 0.3) is 0 Å². The molecule has 0 radical (unpaired) electrons. The van der Waals surface area contributed by atoms with E-state index in [0.29, 0.717) is 0 Å². The van der Waals surface area contributed by atoms with Crippen LogP contribution in [-0.4, -0.2) is 28.6 Å². The summed E-state index contributed by atoms with van der Waals surface area (Å²) in [6.45, 7) is 0. The van der Waals surface area contributed by atoms with Gasteiger partial charge in [0.2, 0.25) is 5.91 Å². The maximum Gasteiger partial charge on any atom is 0.234 e. The number of nitrogens with zero attached hydrogens (tertiary/aromatic N) is 1. The van der Waals surface area contributed by atoms with Gasteiger partial charge in [0.05, 0.1) is 27.9 Å². The number of thioether (sulfide) groups is 1. The van der Waals surface area contributed by atoms with Gasteiger partial charge < -0.3 is 25.1 Å². The van der Waals surface area contributed by atoms with Crippen molar-refractivity contribution in [2.75, 3.05) is 11.1 Å². The number of carboxylic acid groups (broad SMARTS) is 2. The number of anilines is 1. The third-order valence-corrected chi connectivity index (χ3v) is 5.47. The molecular formula is C17H10N2O5S2-2. The Morgan fingerprint density at radius 3 is 2.31 bits per heavy atom. The molecule has 0 aliphatic heterocycles. The number of hydrogen-bond donors (Lipinski definition) is 1. The summed E-state index contributed by atoms with van der Waals surface area (Å²) in [6.07, 6.45) is 0. The van der Waals surface area contributed by atoms with E-state index in [-0.39, 0.29) is 22.6 Å². The lowest BCUT2D eigenvalue weighted by molar-refractivity contribution is -0.255. The molecule has 9 heteroatoms. The van der Waals surface area contributed by atoms with Crippen molar-refractivity contribution in [3.63, 3.8) is 0 Å². The third kappa shape index (κ3) is 4.19. The normalized spacial score (nSPS) is 10.6. The quantitative estimate of drug-likeness (QED) is 0.620. The molecule has 0 saturated heterocycles. The summed E-state index contributed by atoms with van der Waals surface area (Å²) < 4.78 is 1.73. The Bertz CT molecular complexity index is 950. The van der Waals surface area contributed by atoms with Crippen molar-refractivity contribution in [2.45, 2.75) is 4.34 Å². The molecule has 0 unspecified atom stereocenters. The SMILES string of the molecule is O=C(CSc1nc2ccccc2s1)Nc1cc(C(=O)[O-])cc(C(=O)[O-])c1. The van der Waals surface area contributed by atoms with E-state index in [4.69, 9.17) is 0 Å². The van der Waals surface area contributed by atoms with E-state index in [0.717, 1.165) is 32.8 Å². The summed E-state index contributed by atoms with van der Waals surface area (Å²) in [5.41, 5.74) is 0.170. The highest BCUT2D eigenvalue weighted by molar-refractivity contribution is 8.01. The smallest absolute Gasteiger partial charge is 0.234 e. The van der Waals surface area contributed by atoms with Gasteiger partial charge in [0.15, 0.2) is 4.34 Å². The first kappa shape index (κ1) is 17.9. The average Bonchev–Trinajstić information content (AvgIpc) is 3.02. The number of carbonyl (C=O) groups is 3. The fraction of sp³-hybridized carbons (Fsp3) is 0.0588. The van der Waals surface area contributed by atoms with Crippen LogP contribution in [0.2, 0.25) is 0 Å². The molecule has 1 heterocycles. The summed E-state index contributed by atoms with van der Waals surface area (Å²) >= 11 is 2.69. The zero-order valence-corrected chi connectivity index (χ0v) is 14.7. The molecule has 0 saturated carbocycles. The Balaban J connectivity index is 1.69. The number of thiazole rings is 1. The van der Waals surface area contributed by atoms with Crippen LogP contribution in [0.15, 0.2) is 46.8 Å². The lowest BCUT2D eigenvalue weighted by Gasteiger charge is -2.12. The molecule has 0 atom stereocenters. The van der Waals surface area contributed by atoms with E-state index < -0.39 is 17.8 Å². The minimum Gasteiger partial charge on any atom is -0.545 e. The van der Waals surface area contributed by atoms with Gasteiger partial charge >= 0.3 is 0 Å². The van der Waals surface area contributed by atoms with Gasteiger partial charge in [-0.05, 0) is 41.5 Å². The molecule has 3 rings (SSSR count). The van der Waals surface area contributed by atoms with Gasteiger partial charge in [-0.15, -0.1) is 11.3 Å². The summed E-state index contributed by atoms with van der Waals surface area (Å²) in [4.78, 5) is 38.4. The second kappa shape index (κ2) is 7.54. The molecule has 132 valence electrons. The van der Waals surface area contributed by atoms with Crippen LogP contribution in [0.25, 0.3) is 10.2 Å². The molecular weight excluding hydrogens is 376 g/mol. The second-order valence-electron chi connectivity index (χ2n) is 5.16. The Labute approximate surface area is 155 Å². The predicted molar refractivity (Wildman–Crippen MR) is 94.1 cm³/mol. The highest BCUT2D eigenvalue weighted by atomic mass is 32.2. The van der Waals surface area contributed by atoms with Gasteiger partial charge in [-0.3, -0.25) is 4.79 Å². The van der Waals surface area contributed by atoms with Crippen molar-refractivity contribution in [2.24, 2.45) is 0 Å². The number of carboxylic acids is 2. The lowest BCUT2D eigenvalue weighted by Crippen LogP contribution is -2.26. The fourth-order valence-electron chi connectivity index (χ4n) is 2.17. The van der Waals surface area contributed by atoms with Crippen LogP contribution < -0.4 is 15.5 Å². The first-order valence-corrected chi connectivity index (χ1v) is 9.08. The summed E-state index contributed by atoms with van der Waals surface area (Å²) in [6, 6.07) is 10.8. The van der Waals surface area contributed by atoms with Crippen molar-refractivity contribution in [3.8, 4) is 0 Å². The minimum atomic E-state index is -1.55. The summed E-state index contributed by atoms with van der Waals surface area (Å²) in [5.74, 6) is -3.48. The molecule has 1 N–H and O–H groups in total. The van der Waals surface area contributed by atoms with Crippen LogP contribution in [0.1, 0.15) is 20.7 Å². The summed E-state index contributed by atoms with van der Waals surface area (Å²) in [7, 11) is 0. The zero-order chi connectivity index (χ0) is 18.7. The van der Waals surface area contributed by atoms with Gasteiger partial charge in [-0.1, -0.05) is 23.9 Å². The van der Waals surface area contributed by atoms with Gasteiger partial charge in [0.1, 0.15) is 0 Å². The Hall–Kier alpha value is -2.91. The number of nitrogens with one attached hydrogen (secondary N) is 1. The number of aromatic carboxylic acids is 2. The number of para-hydroxylation sites is 1. The molecule has 26 heavy (non-hydrogen) atoms. The number of carbonyl (C=O) groups excluding carboxylic acids is 3. The van der Waals surface area contributed by atoms with E-state index >= 15 is 0 Å². The number of rotatable bonds is 6. The Morgan fingerprint density at radius 2 is 1.69 bits per heavy atom. The minimum absolute atomic E-state index is 0.0377. The Morgan fingerprint density at radius 1 is 1.04 bits per heavy atom. The molecule has 0 aliphatic rings. The molecule has 0 fully saturated rings.